The molecule has 0 aliphatic heterocycles. The fourth-order valence-corrected chi connectivity index (χ4v) is 2.59. The van der Waals surface area contributed by atoms with E-state index in [0.29, 0.717) is 0 Å². The van der Waals surface area contributed by atoms with Gasteiger partial charge in [-0.25, -0.2) is 4.98 Å². The van der Waals surface area contributed by atoms with Crippen LogP contribution in [0.25, 0.3) is 28.1 Å². The van der Waals surface area contributed by atoms with Crippen molar-refractivity contribution in [3.63, 3.8) is 0 Å². The number of aromatic nitrogens is 3. The molecule has 3 heteroatoms. The van der Waals surface area contributed by atoms with E-state index in [9.17, 15) is 0 Å². The van der Waals surface area contributed by atoms with Crippen molar-refractivity contribution in [2.24, 2.45) is 7.05 Å². The van der Waals surface area contributed by atoms with Gasteiger partial charge in [0, 0.05) is 18.8 Å². The highest BCUT2D eigenvalue weighted by molar-refractivity contribution is 5.82. The quantitative estimate of drug-likeness (QED) is 0.504. The molecule has 0 bridgehead atoms. The van der Waals surface area contributed by atoms with Crippen LogP contribution in [-0.4, -0.2) is 14.0 Å². The van der Waals surface area contributed by atoms with Gasteiger partial charge in [0.2, 0.25) is 5.78 Å². The van der Waals surface area contributed by atoms with Crippen LogP contribution in [-0.2, 0) is 7.05 Å². The first kappa shape index (κ1) is 10.4. The molecule has 0 aliphatic rings. The Bertz CT molecular complexity index is 869. The summed E-state index contributed by atoms with van der Waals surface area (Å²) in [6.07, 6.45) is 2.10. The number of rotatable bonds is 1. The molecule has 0 aliphatic carbocycles. The topological polar surface area (TPSA) is 22.2 Å². The molecule has 0 N–H and O–H groups in total. The Kier molecular flexibility index (Phi) is 2.03. The molecule has 0 radical (unpaired) electrons. The number of aryl methyl sites for hydroxylation is 1. The third-order valence-electron chi connectivity index (χ3n) is 3.56. The Hall–Kier alpha value is -2.55. The van der Waals surface area contributed by atoms with Crippen molar-refractivity contribution in [1.29, 1.82) is 0 Å². The summed E-state index contributed by atoms with van der Waals surface area (Å²) in [5.41, 5.74) is 4.55. The highest BCUT2D eigenvalue weighted by Crippen LogP contribution is 2.24. The fraction of sp³-hybridized carbons (Fsp3) is 0.0625. The maximum Gasteiger partial charge on any atom is 0.215 e. The summed E-state index contributed by atoms with van der Waals surface area (Å²) in [5.74, 6) is 0.972. The molecule has 3 nitrogen and oxygen atoms in total. The normalized spacial score (nSPS) is 11.4. The highest BCUT2D eigenvalue weighted by atomic mass is 15.2. The van der Waals surface area contributed by atoms with E-state index in [-0.39, 0.29) is 0 Å². The van der Waals surface area contributed by atoms with Gasteiger partial charge in [-0.15, -0.1) is 0 Å². The molecule has 0 amide bonds. The van der Waals surface area contributed by atoms with E-state index in [1.807, 2.05) is 18.2 Å². The largest absolute Gasteiger partial charge is 0.313 e. The molecule has 0 spiro atoms. The number of hydrogen-bond acceptors (Lipinski definition) is 1. The third kappa shape index (κ3) is 1.41. The Morgan fingerprint density at radius 2 is 1.53 bits per heavy atom. The number of para-hydroxylation sites is 2. The van der Waals surface area contributed by atoms with E-state index < -0.39 is 0 Å². The summed E-state index contributed by atoms with van der Waals surface area (Å²) in [5, 5.41) is 0. The number of benzene rings is 2. The molecular formula is C16H13N3. The molecule has 2 aromatic carbocycles. The summed E-state index contributed by atoms with van der Waals surface area (Å²) in [6.45, 7) is 0. The van der Waals surface area contributed by atoms with Gasteiger partial charge in [-0.2, -0.15) is 0 Å². The fourth-order valence-electron chi connectivity index (χ4n) is 2.59. The lowest BCUT2D eigenvalue weighted by atomic mass is 10.2. The van der Waals surface area contributed by atoms with Crippen LogP contribution in [0.1, 0.15) is 0 Å². The minimum Gasteiger partial charge on any atom is -0.313 e. The van der Waals surface area contributed by atoms with Crippen molar-refractivity contribution < 1.29 is 0 Å². The van der Waals surface area contributed by atoms with Crippen molar-refractivity contribution in [1.82, 2.24) is 14.0 Å². The van der Waals surface area contributed by atoms with E-state index in [2.05, 4.69) is 58.6 Å². The SMILES string of the molecule is Cn1c2ccccc2n2cc(-c3ccccc3)nc12. The predicted octanol–water partition coefficient (Wildman–Crippen LogP) is 3.49. The van der Waals surface area contributed by atoms with Gasteiger partial charge in [-0.05, 0) is 12.1 Å². The first-order chi connectivity index (χ1) is 9.34. The van der Waals surface area contributed by atoms with Gasteiger partial charge in [-0.3, -0.25) is 4.40 Å². The molecule has 0 unspecified atom stereocenters. The molecule has 2 heterocycles. The molecule has 2 aromatic heterocycles. The summed E-state index contributed by atoms with van der Waals surface area (Å²) in [7, 11) is 2.06. The van der Waals surface area contributed by atoms with E-state index in [4.69, 9.17) is 4.98 Å². The van der Waals surface area contributed by atoms with Gasteiger partial charge < -0.3 is 4.57 Å². The molecular weight excluding hydrogens is 234 g/mol. The van der Waals surface area contributed by atoms with Gasteiger partial charge in [0.15, 0.2) is 0 Å². The van der Waals surface area contributed by atoms with Crippen molar-refractivity contribution in [3.8, 4) is 11.3 Å². The van der Waals surface area contributed by atoms with Crippen LogP contribution >= 0.6 is 0 Å². The summed E-state index contributed by atoms with van der Waals surface area (Å²) in [4.78, 5) is 4.75. The summed E-state index contributed by atoms with van der Waals surface area (Å²) < 4.78 is 4.28. The first-order valence-electron chi connectivity index (χ1n) is 6.32. The van der Waals surface area contributed by atoms with Gasteiger partial charge >= 0.3 is 0 Å². The monoisotopic (exact) mass is 247 g/mol. The zero-order valence-corrected chi connectivity index (χ0v) is 10.6. The van der Waals surface area contributed by atoms with Gasteiger partial charge in [0.25, 0.3) is 0 Å². The van der Waals surface area contributed by atoms with Crippen LogP contribution in [0.15, 0.2) is 60.8 Å². The number of imidazole rings is 2. The zero-order valence-electron chi connectivity index (χ0n) is 10.6. The molecule has 0 fully saturated rings. The average molecular weight is 247 g/mol. The third-order valence-corrected chi connectivity index (χ3v) is 3.56. The second-order valence-electron chi connectivity index (χ2n) is 4.71. The molecule has 4 rings (SSSR count). The van der Waals surface area contributed by atoms with Crippen molar-refractivity contribution in [2.45, 2.75) is 0 Å². The van der Waals surface area contributed by atoms with Crippen molar-refractivity contribution in [2.75, 3.05) is 0 Å². The second-order valence-corrected chi connectivity index (χ2v) is 4.71. The number of fused-ring (bicyclic) bond motifs is 3. The van der Waals surface area contributed by atoms with Crippen LogP contribution in [0.2, 0.25) is 0 Å². The average Bonchev–Trinajstić information content (AvgIpc) is 3.01. The van der Waals surface area contributed by atoms with Crippen LogP contribution in [0.5, 0.6) is 0 Å². The summed E-state index contributed by atoms with van der Waals surface area (Å²) in [6, 6.07) is 18.6. The Morgan fingerprint density at radius 1 is 0.842 bits per heavy atom. The first-order valence-corrected chi connectivity index (χ1v) is 6.32. The smallest absolute Gasteiger partial charge is 0.215 e. The van der Waals surface area contributed by atoms with E-state index >= 15 is 0 Å². The maximum absolute atomic E-state index is 4.75. The Balaban J connectivity index is 2.05. The zero-order chi connectivity index (χ0) is 12.8. The maximum atomic E-state index is 4.75. The van der Waals surface area contributed by atoms with Crippen LogP contribution in [0.4, 0.5) is 0 Å². The van der Waals surface area contributed by atoms with Crippen LogP contribution in [0, 0.1) is 0 Å². The van der Waals surface area contributed by atoms with Crippen LogP contribution in [0.3, 0.4) is 0 Å². The van der Waals surface area contributed by atoms with E-state index in [1.165, 1.54) is 11.0 Å². The highest BCUT2D eigenvalue weighted by Gasteiger charge is 2.11. The predicted molar refractivity (Wildman–Crippen MR) is 77.1 cm³/mol. The lowest BCUT2D eigenvalue weighted by molar-refractivity contribution is 0.970. The molecule has 0 saturated heterocycles. The molecule has 19 heavy (non-hydrogen) atoms. The standard InChI is InChI=1S/C16H13N3/c1-18-14-9-5-6-10-15(14)19-11-13(17-16(18)19)12-7-3-2-4-8-12/h2-11H,1H3. The lowest BCUT2D eigenvalue weighted by Gasteiger charge is -1.96. The number of hydrogen-bond donors (Lipinski definition) is 0. The summed E-state index contributed by atoms with van der Waals surface area (Å²) >= 11 is 0. The molecule has 0 saturated carbocycles. The van der Waals surface area contributed by atoms with Gasteiger partial charge in [-0.1, -0.05) is 42.5 Å². The Morgan fingerprint density at radius 3 is 2.32 bits per heavy atom. The van der Waals surface area contributed by atoms with Gasteiger partial charge in [0.1, 0.15) is 0 Å². The minimum atomic E-state index is 0.972. The van der Waals surface area contributed by atoms with E-state index in [1.54, 1.807) is 0 Å². The Labute approximate surface area is 110 Å². The minimum absolute atomic E-state index is 0.972. The lowest BCUT2D eigenvalue weighted by Crippen LogP contribution is -1.88. The second kappa shape index (κ2) is 3.72. The molecule has 4 aromatic rings. The van der Waals surface area contributed by atoms with Gasteiger partial charge in [0.05, 0.1) is 16.7 Å². The number of nitrogens with zero attached hydrogens (tertiary/aromatic N) is 3. The molecule has 92 valence electrons. The molecule has 0 atom stereocenters. The van der Waals surface area contributed by atoms with E-state index in [0.717, 1.165) is 17.0 Å². The van der Waals surface area contributed by atoms with Crippen LogP contribution < -0.4 is 0 Å². The van der Waals surface area contributed by atoms with Crippen molar-refractivity contribution in [3.05, 3.63) is 60.8 Å². The van der Waals surface area contributed by atoms with Crippen molar-refractivity contribution >= 4 is 16.8 Å².